The molecule has 0 radical (unpaired) electrons. The molecule has 1 saturated carbocycles. The Kier molecular flexibility index (Phi) is 6.26. The van der Waals surface area contributed by atoms with Crippen molar-refractivity contribution >= 4 is 5.91 Å². The third-order valence-electron chi connectivity index (χ3n) is 7.16. The van der Waals surface area contributed by atoms with E-state index >= 15 is 0 Å². The fourth-order valence-electron chi connectivity index (χ4n) is 5.13. The van der Waals surface area contributed by atoms with Gasteiger partial charge in [-0.05, 0) is 80.1 Å². The van der Waals surface area contributed by atoms with Crippen molar-refractivity contribution in [2.45, 2.75) is 45.2 Å². The molecule has 2 aliphatic rings. The van der Waals surface area contributed by atoms with Crippen LogP contribution in [-0.2, 0) is 6.54 Å². The molecule has 0 spiro atoms. The van der Waals surface area contributed by atoms with Gasteiger partial charge in [-0.1, -0.05) is 18.2 Å². The van der Waals surface area contributed by atoms with Gasteiger partial charge in [0.2, 0.25) is 0 Å². The Morgan fingerprint density at radius 2 is 1.79 bits per heavy atom. The highest BCUT2D eigenvalue weighted by atomic mass is 19.1. The summed E-state index contributed by atoms with van der Waals surface area (Å²) >= 11 is 0. The van der Waals surface area contributed by atoms with Crippen LogP contribution in [0, 0.1) is 31.4 Å². The minimum absolute atomic E-state index is 0.115. The predicted molar refractivity (Wildman–Crippen MR) is 127 cm³/mol. The second kappa shape index (κ2) is 9.34. The smallest absolute Gasteiger partial charge is 0.254 e. The van der Waals surface area contributed by atoms with Crippen molar-refractivity contribution < 1.29 is 18.0 Å². The number of halogens is 2. The lowest BCUT2D eigenvalue weighted by Gasteiger charge is -2.29. The lowest BCUT2D eigenvalue weighted by atomic mass is 9.88. The fourth-order valence-corrected chi connectivity index (χ4v) is 5.13. The first-order chi connectivity index (χ1) is 16.4. The molecular formula is C28H30F2N2O2. The molecule has 0 bridgehead atoms. The molecule has 2 aromatic carbocycles. The summed E-state index contributed by atoms with van der Waals surface area (Å²) in [4.78, 5) is 17.6. The average Bonchev–Trinajstić information content (AvgIpc) is 3.50. The molecule has 3 aromatic rings. The van der Waals surface area contributed by atoms with E-state index in [1.54, 1.807) is 12.1 Å². The molecule has 34 heavy (non-hydrogen) atoms. The quantitative estimate of drug-likeness (QED) is 0.450. The number of aryl methyl sites for hydroxylation is 2. The van der Waals surface area contributed by atoms with E-state index in [2.05, 4.69) is 11.0 Å². The predicted octanol–water partition coefficient (Wildman–Crippen LogP) is 5.70. The number of nitrogens with zero attached hydrogens (tertiary/aromatic N) is 2. The number of carbonyl (C=O) groups excluding carboxylic acids is 1. The summed E-state index contributed by atoms with van der Waals surface area (Å²) in [5, 5.41) is 0. The van der Waals surface area contributed by atoms with Crippen LogP contribution in [0.25, 0.3) is 0 Å². The maximum atomic E-state index is 13.8. The van der Waals surface area contributed by atoms with Crippen molar-refractivity contribution in [1.82, 2.24) is 9.80 Å². The molecule has 2 heterocycles. The lowest BCUT2D eigenvalue weighted by Crippen LogP contribution is -2.39. The van der Waals surface area contributed by atoms with Crippen LogP contribution >= 0.6 is 0 Å². The van der Waals surface area contributed by atoms with Gasteiger partial charge in [0.15, 0.2) is 0 Å². The third-order valence-corrected chi connectivity index (χ3v) is 7.16. The summed E-state index contributed by atoms with van der Waals surface area (Å²) in [5.41, 5.74) is 2.61. The summed E-state index contributed by atoms with van der Waals surface area (Å²) in [5.74, 6) is 1.44. The molecule has 1 saturated heterocycles. The number of amides is 1. The fraction of sp³-hybridized carbons (Fsp3) is 0.393. The highest BCUT2D eigenvalue weighted by Gasteiger charge is 2.40. The zero-order valence-electron chi connectivity index (χ0n) is 19.6. The maximum absolute atomic E-state index is 13.8. The molecule has 0 N–H and O–H groups in total. The van der Waals surface area contributed by atoms with E-state index in [4.69, 9.17) is 4.42 Å². The second-order valence-electron chi connectivity index (χ2n) is 9.76. The first-order valence-corrected chi connectivity index (χ1v) is 12.0. The molecule has 4 nitrogen and oxygen atoms in total. The molecule has 1 aromatic heterocycles. The summed E-state index contributed by atoms with van der Waals surface area (Å²) in [6.45, 7) is 6.92. The van der Waals surface area contributed by atoms with Crippen LogP contribution in [0.5, 0.6) is 0 Å². The second-order valence-corrected chi connectivity index (χ2v) is 9.76. The number of carbonyl (C=O) groups is 1. The Morgan fingerprint density at radius 1 is 1.03 bits per heavy atom. The Morgan fingerprint density at radius 3 is 2.44 bits per heavy atom. The number of rotatable bonds is 7. The molecule has 2 fully saturated rings. The molecular weight excluding hydrogens is 434 g/mol. The molecule has 1 aliphatic carbocycles. The minimum atomic E-state index is -0.401. The van der Waals surface area contributed by atoms with Crippen LogP contribution < -0.4 is 0 Å². The standard InChI is InChI=1S/C28H30F2N2O2/c1-18-12-26(34-19(18)2)16-31-14-22(27(17-31)20-6-8-23(29)9-7-20)15-32(25-10-11-25)28(33)21-4-3-5-24(30)13-21/h3-9,12-13,22,25,27H,10-11,14-17H2,1-2H3. The van der Waals surface area contributed by atoms with Crippen molar-refractivity contribution in [1.29, 1.82) is 0 Å². The van der Waals surface area contributed by atoms with Crippen molar-refractivity contribution in [3.8, 4) is 0 Å². The number of benzene rings is 2. The zero-order chi connectivity index (χ0) is 23.8. The van der Waals surface area contributed by atoms with Gasteiger partial charge in [0.1, 0.15) is 23.2 Å². The van der Waals surface area contributed by atoms with Crippen LogP contribution in [0.2, 0.25) is 0 Å². The topological polar surface area (TPSA) is 36.7 Å². The van der Waals surface area contributed by atoms with Gasteiger partial charge in [0.25, 0.3) is 5.91 Å². The average molecular weight is 465 g/mol. The van der Waals surface area contributed by atoms with E-state index in [0.29, 0.717) is 18.7 Å². The molecule has 2 unspecified atom stereocenters. The molecule has 6 heteroatoms. The van der Waals surface area contributed by atoms with E-state index in [0.717, 1.165) is 48.6 Å². The van der Waals surface area contributed by atoms with Crippen molar-refractivity contribution in [3.63, 3.8) is 0 Å². The first kappa shape index (κ1) is 22.8. The van der Waals surface area contributed by atoms with E-state index in [-0.39, 0.29) is 29.6 Å². The normalized spacial score (nSPS) is 20.6. The monoisotopic (exact) mass is 464 g/mol. The van der Waals surface area contributed by atoms with Crippen molar-refractivity contribution in [2.24, 2.45) is 5.92 Å². The minimum Gasteiger partial charge on any atom is -0.465 e. The molecule has 5 rings (SSSR count). The Bertz CT molecular complexity index is 1150. The third kappa shape index (κ3) is 4.92. The van der Waals surface area contributed by atoms with Gasteiger partial charge in [0.05, 0.1) is 6.54 Å². The number of furan rings is 1. The van der Waals surface area contributed by atoms with Gasteiger partial charge >= 0.3 is 0 Å². The lowest BCUT2D eigenvalue weighted by molar-refractivity contribution is 0.0710. The van der Waals surface area contributed by atoms with Crippen LogP contribution in [0.3, 0.4) is 0 Å². The largest absolute Gasteiger partial charge is 0.465 e. The summed E-state index contributed by atoms with van der Waals surface area (Å²) in [6.07, 6.45) is 1.95. The van der Waals surface area contributed by atoms with Gasteiger partial charge in [0, 0.05) is 37.2 Å². The molecule has 178 valence electrons. The van der Waals surface area contributed by atoms with Gasteiger partial charge in [-0.2, -0.15) is 0 Å². The Hall–Kier alpha value is -2.99. The van der Waals surface area contributed by atoms with Crippen molar-refractivity contribution in [2.75, 3.05) is 19.6 Å². The van der Waals surface area contributed by atoms with Gasteiger partial charge < -0.3 is 9.32 Å². The molecule has 1 aliphatic heterocycles. The highest BCUT2D eigenvalue weighted by molar-refractivity contribution is 5.94. The van der Waals surface area contributed by atoms with E-state index in [9.17, 15) is 13.6 Å². The van der Waals surface area contributed by atoms with Crippen LogP contribution in [0.1, 0.15) is 51.8 Å². The highest BCUT2D eigenvalue weighted by Crippen LogP contribution is 2.37. The maximum Gasteiger partial charge on any atom is 0.254 e. The van der Waals surface area contributed by atoms with E-state index in [1.807, 2.05) is 30.9 Å². The number of likely N-dealkylation sites (tertiary alicyclic amines) is 1. The summed E-state index contributed by atoms with van der Waals surface area (Å²) in [7, 11) is 0. The van der Waals surface area contributed by atoms with Crippen molar-refractivity contribution in [3.05, 3.63) is 94.4 Å². The van der Waals surface area contributed by atoms with Crippen LogP contribution in [0.15, 0.2) is 59.0 Å². The zero-order valence-corrected chi connectivity index (χ0v) is 19.6. The van der Waals surface area contributed by atoms with E-state index < -0.39 is 5.82 Å². The first-order valence-electron chi connectivity index (χ1n) is 12.0. The van der Waals surface area contributed by atoms with Crippen LogP contribution in [-0.4, -0.2) is 41.4 Å². The van der Waals surface area contributed by atoms with Gasteiger partial charge in [-0.15, -0.1) is 0 Å². The molecule has 1 amide bonds. The molecule has 2 atom stereocenters. The Labute approximate surface area is 199 Å². The summed E-state index contributed by atoms with van der Waals surface area (Å²) in [6, 6.07) is 14.9. The Balaban J connectivity index is 1.38. The van der Waals surface area contributed by atoms with Gasteiger partial charge in [-0.3, -0.25) is 9.69 Å². The number of hydrogen-bond acceptors (Lipinski definition) is 3. The summed E-state index contributed by atoms with van der Waals surface area (Å²) < 4.78 is 33.3. The van der Waals surface area contributed by atoms with Crippen LogP contribution in [0.4, 0.5) is 8.78 Å². The van der Waals surface area contributed by atoms with Gasteiger partial charge in [-0.25, -0.2) is 8.78 Å². The SMILES string of the molecule is Cc1cc(CN2CC(CN(C(=O)c3cccc(F)c3)C3CC3)C(c3ccc(F)cc3)C2)oc1C. The van der Waals surface area contributed by atoms with E-state index in [1.165, 1.54) is 24.3 Å². The number of hydrogen-bond donors (Lipinski definition) is 0.